The maximum atomic E-state index is 5.74. The van der Waals surface area contributed by atoms with Crippen molar-refractivity contribution in [2.75, 3.05) is 26.8 Å². The Labute approximate surface area is 182 Å². The minimum absolute atomic E-state index is 0. The number of aryl methyl sites for hydroxylation is 1. The summed E-state index contributed by atoms with van der Waals surface area (Å²) in [4.78, 5) is 10.3. The average Bonchev–Trinajstić information content (AvgIpc) is 3.14. The van der Waals surface area contributed by atoms with Crippen LogP contribution < -0.4 is 15.4 Å². The molecule has 27 heavy (non-hydrogen) atoms. The quantitative estimate of drug-likeness (QED) is 0.224. The van der Waals surface area contributed by atoms with Gasteiger partial charge in [0.2, 0.25) is 0 Å². The number of thiazole rings is 1. The fourth-order valence-electron chi connectivity index (χ4n) is 2.32. The van der Waals surface area contributed by atoms with Gasteiger partial charge in [0.05, 0.1) is 26.9 Å². The summed E-state index contributed by atoms with van der Waals surface area (Å²) in [5, 5.41) is 7.56. The Hall–Kier alpha value is -1.39. The molecule has 2 N–H and O–H groups in total. The second kappa shape index (κ2) is 13.7. The third-order valence-corrected chi connectivity index (χ3v) is 4.78. The van der Waals surface area contributed by atoms with E-state index in [1.165, 1.54) is 4.88 Å². The minimum atomic E-state index is 0. The van der Waals surface area contributed by atoms with Crippen LogP contribution in [0.2, 0.25) is 0 Å². The van der Waals surface area contributed by atoms with Crippen molar-refractivity contribution in [1.29, 1.82) is 0 Å². The number of ether oxygens (including phenoxy) is 2. The Bertz CT molecular complexity index is 694. The molecule has 2 aromatic rings. The average molecular weight is 504 g/mol. The van der Waals surface area contributed by atoms with Crippen molar-refractivity contribution in [2.45, 2.75) is 33.4 Å². The van der Waals surface area contributed by atoms with Gasteiger partial charge in [0.15, 0.2) is 5.96 Å². The first-order valence-corrected chi connectivity index (χ1v) is 9.73. The predicted molar refractivity (Wildman–Crippen MR) is 122 cm³/mol. The summed E-state index contributed by atoms with van der Waals surface area (Å²) in [7, 11) is 1.67. The maximum Gasteiger partial charge on any atom is 0.191 e. The first-order chi connectivity index (χ1) is 12.8. The number of nitrogens with zero attached hydrogens (tertiary/aromatic N) is 2. The highest BCUT2D eigenvalue weighted by Crippen LogP contribution is 2.17. The molecule has 150 valence electrons. The van der Waals surface area contributed by atoms with Gasteiger partial charge in [0.1, 0.15) is 10.8 Å². The zero-order chi connectivity index (χ0) is 18.6. The van der Waals surface area contributed by atoms with Crippen LogP contribution in [0.15, 0.2) is 35.5 Å². The number of nitrogens with one attached hydrogen (secondary N) is 2. The molecule has 0 radical (unpaired) electrons. The van der Waals surface area contributed by atoms with Gasteiger partial charge in [0, 0.05) is 29.7 Å². The Morgan fingerprint density at radius 3 is 2.74 bits per heavy atom. The van der Waals surface area contributed by atoms with E-state index in [2.05, 4.69) is 27.5 Å². The molecule has 0 amide bonds. The monoisotopic (exact) mass is 504 g/mol. The number of aliphatic imine (C=N–C) groups is 1. The van der Waals surface area contributed by atoms with Crippen LogP contribution in [0.5, 0.6) is 5.75 Å². The summed E-state index contributed by atoms with van der Waals surface area (Å²) >= 11 is 1.72. The molecule has 1 aromatic carbocycles. The van der Waals surface area contributed by atoms with E-state index in [4.69, 9.17) is 9.47 Å². The highest BCUT2D eigenvalue weighted by atomic mass is 127. The van der Waals surface area contributed by atoms with E-state index in [1.807, 2.05) is 37.4 Å². The summed E-state index contributed by atoms with van der Waals surface area (Å²) in [5.41, 5.74) is 1.05. The summed E-state index contributed by atoms with van der Waals surface area (Å²) < 4.78 is 11.1. The van der Waals surface area contributed by atoms with E-state index in [0.717, 1.165) is 35.2 Å². The lowest BCUT2D eigenvalue weighted by atomic mass is 10.2. The molecule has 0 aliphatic rings. The standard InChI is InChI=1S/C19H28N4O2S.HI/c1-4-16-12-22-18(26-16)13-23-19(20-5-2)21-10-11-25-14-15-8-6-7-9-17(15)24-3;/h6-9,12H,4-5,10-11,13-14H2,1-3H3,(H2,20,21,23);1H. The molecule has 0 aliphatic carbocycles. The van der Waals surface area contributed by atoms with Gasteiger partial charge in [-0.05, 0) is 19.4 Å². The number of aromatic nitrogens is 1. The molecule has 0 spiro atoms. The highest BCUT2D eigenvalue weighted by molar-refractivity contribution is 14.0. The first-order valence-electron chi connectivity index (χ1n) is 8.92. The number of methoxy groups -OCH3 is 1. The lowest BCUT2D eigenvalue weighted by Gasteiger charge is -2.12. The molecular weight excluding hydrogens is 475 g/mol. The van der Waals surface area contributed by atoms with E-state index in [0.29, 0.717) is 26.3 Å². The fraction of sp³-hybridized carbons (Fsp3) is 0.474. The van der Waals surface area contributed by atoms with E-state index in [9.17, 15) is 0 Å². The number of hydrogen-bond donors (Lipinski definition) is 2. The Morgan fingerprint density at radius 2 is 2.04 bits per heavy atom. The normalized spacial score (nSPS) is 11.0. The van der Waals surface area contributed by atoms with Crippen LogP contribution in [0.4, 0.5) is 0 Å². The Balaban J connectivity index is 0.00000364. The summed E-state index contributed by atoms with van der Waals surface area (Å²) in [6.07, 6.45) is 2.95. The SMILES string of the molecule is CCNC(=NCc1ncc(CC)s1)NCCOCc1ccccc1OC.I. The molecule has 0 saturated heterocycles. The van der Waals surface area contributed by atoms with Crippen molar-refractivity contribution in [2.24, 2.45) is 4.99 Å². The first kappa shape index (κ1) is 23.6. The predicted octanol–water partition coefficient (Wildman–Crippen LogP) is 3.60. The van der Waals surface area contributed by atoms with E-state index in [1.54, 1.807) is 18.4 Å². The van der Waals surface area contributed by atoms with Crippen molar-refractivity contribution < 1.29 is 9.47 Å². The summed E-state index contributed by atoms with van der Waals surface area (Å²) in [6, 6.07) is 7.89. The number of hydrogen-bond acceptors (Lipinski definition) is 5. The van der Waals surface area contributed by atoms with Crippen LogP contribution in [0, 0.1) is 0 Å². The maximum absolute atomic E-state index is 5.74. The van der Waals surface area contributed by atoms with Gasteiger partial charge < -0.3 is 20.1 Å². The third kappa shape index (κ3) is 8.44. The lowest BCUT2D eigenvalue weighted by Crippen LogP contribution is -2.38. The van der Waals surface area contributed by atoms with Crippen molar-refractivity contribution in [1.82, 2.24) is 15.6 Å². The molecule has 1 aromatic heterocycles. The highest BCUT2D eigenvalue weighted by Gasteiger charge is 2.03. The molecule has 2 rings (SSSR count). The molecule has 0 bridgehead atoms. The van der Waals surface area contributed by atoms with Crippen molar-refractivity contribution in [3.8, 4) is 5.75 Å². The number of benzene rings is 1. The van der Waals surface area contributed by atoms with Gasteiger partial charge in [-0.3, -0.25) is 0 Å². The topological polar surface area (TPSA) is 67.8 Å². The molecule has 8 heteroatoms. The number of halogens is 1. The Morgan fingerprint density at radius 1 is 1.22 bits per heavy atom. The summed E-state index contributed by atoms with van der Waals surface area (Å²) in [5.74, 6) is 1.63. The van der Waals surface area contributed by atoms with Gasteiger partial charge in [-0.2, -0.15) is 0 Å². The molecule has 0 saturated carbocycles. The molecule has 0 aliphatic heterocycles. The number of guanidine groups is 1. The number of para-hydroxylation sites is 1. The zero-order valence-electron chi connectivity index (χ0n) is 16.2. The third-order valence-electron chi connectivity index (χ3n) is 3.66. The Kier molecular flexibility index (Phi) is 12.0. The van der Waals surface area contributed by atoms with Gasteiger partial charge in [-0.15, -0.1) is 35.3 Å². The molecule has 1 heterocycles. The van der Waals surface area contributed by atoms with Crippen LogP contribution >= 0.6 is 35.3 Å². The number of rotatable bonds is 10. The second-order valence-corrected chi connectivity index (χ2v) is 6.76. The van der Waals surface area contributed by atoms with Crippen LogP contribution in [-0.4, -0.2) is 37.7 Å². The van der Waals surface area contributed by atoms with E-state index < -0.39 is 0 Å². The van der Waals surface area contributed by atoms with Crippen LogP contribution in [0.1, 0.15) is 29.3 Å². The zero-order valence-corrected chi connectivity index (χ0v) is 19.3. The molecule has 0 fully saturated rings. The van der Waals surface area contributed by atoms with Crippen LogP contribution in [0.3, 0.4) is 0 Å². The molecule has 6 nitrogen and oxygen atoms in total. The molecule has 0 atom stereocenters. The molecule has 0 unspecified atom stereocenters. The van der Waals surface area contributed by atoms with Crippen molar-refractivity contribution in [3.05, 3.63) is 45.9 Å². The lowest BCUT2D eigenvalue weighted by molar-refractivity contribution is 0.123. The second-order valence-electron chi connectivity index (χ2n) is 5.56. The van der Waals surface area contributed by atoms with Gasteiger partial charge in [-0.25, -0.2) is 9.98 Å². The van der Waals surface area contributed by atoms with Gasteiger partial charge in [-0.1, -0.05) is 25.1 Å². The van der Waals surface area contributed by atoms with Crippen LogP contribution in [0.25, 0.3) is 0 Å². The smallest absolute Gasteiger partial charge is 0.191 e. The van der Waals surface area contributed by atoms with Crippen molar-refractivity contribution in [3.63, 3.8) is 0 Å². The van der Waals surface area contributed by atoms with Gasteiger partial charge in [0.25, 0.3) is 0 Å². The largest absolute Gasteiger partial charge is 0.496 e. The van der Waals surface area contributed by atoms with E-state index in [-0.39, 0.29) is 24.0 Å². The summed E-state index contributed by atoms with van der Waals surface area (Å²) in [6.45, 7) is 7.37. The van der Waals surface area contributed by atoms with Gasteiger partial charge >= 0.3 is 0 Å². The van der Waals surface area contributed by atoms with Crippen molar-refractivity contribution >= 4 is 41.3 Å². The van der Waals surface area contributed by atoms with Crippen LogP contribution in [-0.2, 0) is 24.3 Å². The minimum Gasteiger partial charge on any atom is -0.496 e. The fourth-order valence-corrected chi connectivity index (χ4v) is 3.11. The van der Waals surface area contributed by atoms with E-state index >= 15 is 0 Å². The molecular formula is C19H29IN4O2S.